The molecule has 0 aliphatic heterocycles. The molecule has 0 fully saturated rings. The van der Waals surface area contributed by atoms with Gasteiger partial charge in [0.05, 0.1) is 0 Å². The van der Waals surface area contributed by atoms with E-state index >= 15 is 0 Å². The van der Waals surface area contributed by atoms with E-state index in [4.69, 9.17) is 0 Å². The second kappa shape index (κ2) is 4.97. The molecule has 1 aromatic rings. The monoisotopic (exact) mass is 286 g/mol. The van der Waals surface area contributed by atoms with E-state index in [1.54, 1.807) is 6.07 Å². The van der Waals surface area contributed by atoms with Crippen LogP contribution in [0, 0.1) is 0 Å². The Morgan fingerprint density at radius 2 is 1.93 bits per heavy atom. The van der Waals surface area contributed by atoms with Crippen molar-refractivity contribution in [2.24, 2.45) is 0 Å². The summed E-state index contributed by atoms with van der Waals surface area (Å²) in [5, 5.41) is 0.348. The fraction of sp³-hybridized carbons (Fsp3) is 0.429. The molecule has 0 radical (unpaired) electrons. The highest BCUT2D eigenvalue weighted by atomic mass is 79.9. The van der Waals surface area contributed by atoms with E-state index in [1.807, 2.05) is 0 Å². The lowest BCUT2D eigenvalue weighted by Gasteiger charge is -2.12. The molecule has 0 N–H and O–H groups in total. The summed E-state index contributed by atoms with van der Waals surface area (Å²) in [6.07, 6.45) is -1.24. The van der Waals surface area contributed by atoms with E-state index in [9.17, 15) is 13.2 Å². The molecule has 0 amide bonds. The number of hydrogen-bond acceptors (Lipinski definition) is 3. The number of thioether (sulfide) groups is 1. The molecule has 14 heavy (non-hydrogen) atoms. The molecule has 7 heteroatoms. The van der Waals surface area contributed by atoms with Crippen molar-refractivity contribution in [3.63, 3.8) is 0 Å². The molecule has 1 unspecified atom stereocenters. The zero-order valence-corrected chi connectivity index (χ0v) is 9.23. The number of nitrogens with zero attached hydrogens (tertiary/aromatic N) is 2. The minimum absolute atomic E-state index is 0.131. The lowest BCUT2D eigenvalue weighted by atomic mass is 10.5. The van der Waals surface area contributed by atoms with E-state index in [0.717, 1.165) is 11.8 Å². The fourth-order valence-electron chi connectivity index (χ4n) is 0.602. The van der Waals surface area contributed by atoms with Crippen molar-refractivity contribution in [2.45, 2.75) is 16.2 Å². The Hall–Kier alpha value is -0.300. The summed E-state index contributed by atoms with van der Waals surface area (Å²) in [5.74, 6) is -0.131. The maximum atomic E-state index is 12.1. The van der Waals surface area contributed by atoms with Crippen molar-refractivity contribution < 1.29 is 13.2 Å². The SMILES string of the molecule is FC(F)(F)C(Br)CSc1ncccn1. The molecule has 2 nitrogen and oxygen atoms in total. The summed E-state index contributed by atoms with van der Waals surface area (Å²) in [6, 6.07) is 1.61. The van der Waals surface area contributed by atoms with E-state index in [-0.39, 0.29) is 5.75 Å². The van der Waals surface area contributed by atoms with Gasteiger partial charge in [0.15, 0.2) is 5.16 Å². The standard InChI is InChI=1S/C7H6BrF3N2S/c8-5(7(9,10)11)4-14-6-12-2-1-3-13-6/h1-3,5H,4H2. The van der Waals surface area contributed by atoms with Crippen molar-refractivity contribution in [1.29, 1.82) is 0 Å². The second-order valence-electron chi connectivity index (χ2n) is 2.35. The topological polar surface area (TPSA) is 25.8 Å². The number of aromatic nitrogens is 2. The van der Waals surface area contributed by atoms with Crippen LogP contribution in [0.4, 0.5) is 13.2 Å². The number of rotatable bonds is 3. The maximum absolute atomic E-state index is 12.1. The van der Waals surface area contributed by atoms with Crippen LogP contribution < -0.4 is 0 Å². The van der Waals surface area contributed by atoms with Crippen molar-refractivity contribution in [3.8, 4) is 0 Å². The molecule has 0 aromatic carbocycles. The van der Waals surface area contributed by atoms with Gasteiger partial charge >= 0.3 is 6.18 Å². The van der Waals surface area contributed by atoms with Gasteiger partial charge in [-0.15, -0.1) is 0 Å². The van der Waals surface area contributed by atoms with Crippen LogP contribution in [0.3, 0.4) is 0 Å². The highest BCUT2D eigenvalue weighted by Gasteiger charge is 2.37. The molecule has 1 aromatic heterocycles. The predicted molar refractivity (Wildman–Crippen MR) is 51.5 cm³/mol. The van der Waals surface area contributed by atoms with Crippen molar-refractivity contribution in [3.05, 3.63) is 18.5 Å². The Balaban J connectivity index is 2.42. The summed E-state index contributed by atoms with van der Waals surface area (Å²) in [4.78, 5) is 6.07. The summed E-state index contributed by atoms with van der Waals surface area (Å²) < 4.78 is 36.2. The lowest BCUT2D eigenvalue weighted by Crippen LogP contribution is -2.24. The zero-order valence-electron chi connectivity index (χ0n) is 6.83. The first kappa shape index (κ1) is 11.8. The molecule has 0 aliphatic carbocycles. The molecule has 0 bridgehead atoms. The third-order valence-corrected chi connectivity index (χ3v) is 3.50. The van der Waals surface area contributed by atoms with Crippen molar-refractivity contribution >= 4 is 27.7 Å². The van der Waals surface area contributed by atoms with Gasteiger partial charge in [0.25, 0.3) is 0 Å². The fourth-order valence-corrected chi connectivity index (χ4v) is 1.75. The Bertz CT molecular complexity index is 280. The van der Waals surface area contributed by atoms with E-state index in [1.165, 1.54) is 12.4 Å². The first-order valence-electron chi connectivity index (χ1n) is 3.61. The smallest absolute Gasteiger partial charge is 0.231 e. The van der Waals surface area contributed by atoms with Gasteiger partial charge in [0, 0.05) is 18.1 Å². The molecule has 0 spiro atoms. The largest absolute Gasteiger partial charge is 0.402 e. The average molecular weight is 287 g/mol. The van der Waals surface area contributed by atoms with Gasteiger partial charge in [0.1, 0.15) is 4.83 Å². The van der Waals surface area contributed by atoms with E-state index in [0.29, 0.717) is 5.16 Å². The van der Waals surface area contributed by atoms with Gasteiger partial charge < -0.3 is 0 Å². The predicted octanol–water partition coefficient (Wildman–Crippen LogP) is 2.89. The third kappa shape index (κ3) is 3.83. The molecular weight excluding hydrogens is 281 g/mol. The van der Waals surface area contributed by atoms with Crippen LogP contribution in [0.25, 0.3) is 0 Å². The Morgan fingerprint density at radius 1 is 1.36 bits per heavy atom. The first-order valence-corrected chi connectivity index (χ1v) is 5.51. The summed E-state index contributed by atoms with van der Waals surface area (Å²) in [5.41, 5.74) is 0. The van der Waals surface area contributed by atoms with Gasteiger partial charge in [-0.2, -0.15) is 13.2 Å². The Morgan fingerprint density at radius 3 is 2.43 bits per heavy atom. The number of alkyl halides is 4. The van der Waals surface area contributed by atoms with Crippen molar-refractivity contribution in [2.75, 3.05) is 5.75 Å². The van der Waals surface area contributed by atoms with Crippen LogP contribution >= 0.6 is 27.7 Å². The second-order valence-corrected chi connectivity index (χ2v) is 4.44. The van der Waals surface area contributed by atoms with Crippen LogP contribution in [-0.4, -0.2) is 26.7 Å². The normalized spacial score (nSPS) is 14.0. The summed E-state index contributed by atoms with van der Waals surface area (Å²) in [6.45, 7) is 0. The van der Waals surface area contributed by atoms with Crippen molar-refractivity contribution in [1.82, 2.24) is 9.97 Å². The number of halogens is 4. The quantitative estimate of drug-likeness (QED) is 0.485. The van der Waals surface area contributed by atoms with Crippen LogP contribution in [0.2, 0.25) is 0 Å². The van der Waals surface area contributed by atoms with Crippen LogP contribution in [0.5, 0.6) is 0 Å². The highest BCUT2D eigenvalue weighted by Crippen LogP contribution is 2.30. The Labute approximate surface area is 91.5 Å². The van der Waals surface area contributed by atoms with Gasteiger partial charge in [-0.25, -0.2) is 9.97 Å². The molecule has 1 heterocycles. The highest BCUT2D eigenvalue weighted by molar-refractivity contribution is 9.09. The molecule has 0 saturated carbocycles. The molecule has 1 rings (SSSR count). The van der Waals surface area contributed by atoms with E-state index in [2.05, 4.69) is 25.9 Å². The third-order valence-electron chi connectivity index (χ3n) is 1.26. The minimum Gasteiger partial charge on any atom is -0.231 e. The Kier molecular flexibility index (Phi) is 4.18. The van der Waals surface area contributed by atoms with Gasteiger partial charge in [0.2, 0.25) is 0 Å². The number of hydrogen-bond donors (Lipinski definition) is 0. The first-order chi connectivity index (χ1) is 6.50. The summed E-state index contributed by atoms with van der Waals surface area (Å²) in [7, 11) is 0. The van der Waals surface area contributed by atoms with Gasteiger partial charge in [-0.1, -0.05) is 27.7 Å². The molecule has 78 valence electrons. The molecular formula is C7H6BrF3N2S. The molecule has 1 atom stereocenters. The maximum Gasteiger partial charge on any atom is 0.402 e. The van der Waals surface area contributed by atoms with Crippen LogP contribution in [-0.2, 0) is 0 Å². The minimum atomic E-state index is -4.22. The van der Waals surface area contributed by atoms with E-state index < -0.39 is 11.0 Å². The molecule has 0 saturated heterocycles. The van der Waals surface area contributed by atoms with Gasteiger partial charge in [-0.05, 0) is 6.07 Å². The molecule has 0 aliphatic rings. The van der Waals surface area contributed by atoms with Gasteiger partial charge in [-0.3, -0.25) is 0 Å². The summed E-state index contributed by atoms with van der Waals surface area (Å²) >= 11 is 3.52. The van der Waals surface area contributed by atoms with Crippen LogP contribution in [0.15, 0.2) is 23.6 Å². The lowest BCUT2D eigenvalue weighted by molar-refractivity contribution is -0.122. The average Bonchev–Trinajstić information content (AvgIpc) is 2.14. The zero-order chi connectivity index (χ0) is 10.6. The van der Waals surface area contributed by atoms with Crippen LogP contribution in [0.1, 0.15) is 0 Å².